The Bertz CT molecular complexity index is 649. The van der Waals surface area contributed by atoms with Crippen LogP contribution >= 0.6 is 35.6 Å². The molecule has 2 heterocycles. The molecule has 160 valence electrons. The highest BCUT2D eigenvalue weighted by Crippen LogP contribution is 2.33. The van der Waals surface area contributed by atoms with E-state index < -0.39 is 11.7 Å². The predicted octanol–water partition coefficient (Wildman–Crippen LogP) is 3.68. The Morgan fingerprint density at radius 1 is 1.46 bits per heavy atom. The minimum Gasteiger partial charge on any atom is -0.475 e. The number of nitrogens with zero attached hydrogens (tertiary/aromatic N) is 3. The van der Waals surface area contributed by atoms with E-state index in [1.165, 1.54) is 0 Å². The van der Waals surface area contributed by atoms with Crippen molar-refractivity contribution in [3.05, 3.63) is 22.8 Å². The van der Waals surface area contributed by atoms with Crippen LogP contribution in [0.15, 0.2) is 17.3 Å². The fraction of sp³-hybridized carbons (Fsp3) is 0.647. The van der Waals surface area contributed by atoms with Gasteiger partial charge in [-0.05, 0) is 19.4 Å². The van der Waals surface area contributed by atoms with Crippen molar-refractivity contribution in [2.24, 2.45) is 10.9 Å². The predicted molar refractivity (Wildman–Crippen MR) is 113 cm³/mol. The summed E-state index contributed by atoms with van der Waals surface area (Å²) in [5.41, 5.74) is -0.910. The van der Waals surface area contributed by atoms with Gasteiger partial charge < -0.3 is 19.7 Å². The number of hydrogen-bond acceptors (Lipinski definition) is 4. The quantitative estimate of drug-likeness (QED) is 0.249. The molecule has 1 atom stereocenters. The summed E-state index contributed by atoms with van der Waals surface area (Å²) in [6.07, 6.45) is -2.74. The van der Waals surface area contributed by atoms with E-state index in [1.807, 2.05) is 6.92 Å². The molecule has 1 aromatic heterocycles. The van der Waals surface area contributed by atoms with Gasteiger partial charge in [0.05, 0.1) is 18.7 Å². The van der Waals surface area contributed by atoms with Crippen molar-refractivity contribution in [1.29, 1.82) is 0 Å². The Morgan fingerprint density at radius 2 is 2.21 bits per heavy atom. The molecule has 0 radical (unpaired) electrons. The summed E-state index contributed by atoms with van der Waals surface area (Å²) >= 11 is 5.82. The van der Waals surface area contributed by atoms with Crippen LogP contribution in [0.2, 0.25) is 5.02 Å². The molecule has 1 aromatic rings. The average molecular weight is 537 g/mol. The first-order valence-corrected chi connectivity index (χ1v) is 9.10. The molecule has 1 unspecified atom stereocenters. The number of aliphatic imine (C=N–C) groups is 1. The van der Waals surface area contributed by atoms with Crippen molar-refractivity contribution in [3.8, 4) is 5.88 Å². The molecule has 0 aromatic carbocycles. The number of methoxy groups -OCH3 is 1. The molecule has 1 aliphatic rings. The molecule has 11 heteroatoms. The number of halogens is 5. The molecular formula is C17H25ClF3IN4O2. The maximum Gasteiger partial charge on any atom is 0.417 e. The van der Waals surface area contributed by atoms with Gasteiger partial charge >= 0.3 is 6.18 Å². The van der Waals surface area contributed by atoms with Crippen LogP contribution in [0.5, 0.6) is 5.88 Å². The maximum absolute atomic E-state index is 12.6. The second kappa shape index (κ2) is 11.9. The zero-order valence-electron chi connectivity index (χ0n) is 15.8. The maximum atomic E-state index is 12.6. The first kappa shape index (κ1) is 25.0. The standard InChI is InChI=1S/C17H24ClF3N4O2.HI/c1-3-22-16(25-6-4-12(10-25)11-26-2)23-5-7-27-15-14(18)8-13(9-24-15)17(19,20)21;/h8-9,12H,3-7,10-11H2,1-2H3,(H,22,23);1H. The molecule has 0 amide bonds. The third-order valence-electron chi connectivity index (χ3n) is 4.05. The van der Waals surface area contributed by atoms with Crippen molar-refractivity contribution in [2.75, 3.05) is 46.5 Å². The van der Waals surface area contributed by atoms with E-state index in [0.717, 1.165) is 44.7 Å². The molecule has 0 saturated carbocycles. The highest BCUT2D eigenvalue weighted by atomic mass is 127. The summed E-state index contributed by atoms with van der Waals surface area (Å²) in [5.74, 6) is 1.22. The molecule has 28 heavy (non-hydrogen) atoms. The molecule has 1 aliphatic heterocycles. The van der Waals surface area contributed by atoms with Gasteiger partial charge in [-0.2, -0.15) is 13.2 Å². The van der Waals surface area contributed by atoms with Crippen molar-refractivity contribution in [2.45, 2.75) is 19.5 Å². The molecule has 1 N–H and O–H groups in total. The number of ether oxygens (including phenoxy) is 2. The summed E-state index contributed by atoms with van der Waals surface area (Å²) in [7, 11) is 1.69. The zero-order valence-corrected chi connectivity index (χ0v) is 18.8. The Balaban J connectivity index is 0.00000392. The van der Waals surface area contributed by atoms with Crippen LogP contribution in [0.3, 0.4) is 0 Å². The van der Waals surface area contributed by atoms with Gasteiger partial charge in [0.25, 0.3) is 0 Å². The number of pyridine rings is 1. The summed E-state index contributed by atoms with van der Waals surface area (Å²) in [6.45, 7) is 5.68. The van der Waals surface area contributed by atoms with Crippen molar-refractivity contribution in [1.82, 2.24) is 15.2 Å². The van der Waals surface area contributed by atoms with Gasteiger partial charge in [0.2, 0.25) is 5.88 Å². The SMILES string of the molecule is CCNC(=NCCOc1ncc(C(F)(F)F)cc1Cl)N1CCC(COC)C1.I. The molecular weight excluding hydrogens is 512 g/mol. The van der Waals surface area contributed by atoms with Gasteiger partial charge in [-0.15, -0.1) is 24.0 Å². The first-order chi connectivity index (χ1) is 12.8. The summed E-state index contributed by atoms with van der Waals surface area (Å²) < 4.78 is 48.4. The minimum absolute atomic E-state index is 0. The third-order valence-corrected chi connectivity index (χ3v) is 4.32. The lowest BCUT2D eigenvalue weighted by atomic mass is 10.1. The number of hydrogen-bond donors (Lipinski definition) is 1. The Labute approximate surface area is 184 Å². The second-order valence-electron chi connectivity index (χ2n) is 6.15. The van der Waals surface area contributed by atoms with Crippen LogP contribution in [0.1, 0.15) is 18.9 Å². The van der Waals surface area contributed by atoms with Gasteiger partial charge in [0.15, 0.2) is 5.96 Å². The van der Waals surface area contributed by atoms with E-state index in [1.54, 1.807) is 7.11 Å². The van der Waals surface area contributed by atoms with E-state index in [4.69, 9.17) is 21.1 Å². The van der Waals surface area contributed by atoms with Gasteiger partial charge in [0, 0.05) is 38.9 Å². The smallest absolute Gasteiger partial charge is 0.417 e. The lowest BCUT2D eigenvalue weighted by Crippen LogP contribution is -2.40. The van der Waals surface area contributed by atoms with Gasteiger partial charge in [-0.1, -0.05) is 11.6 Å². The molecule has 1 fully saturated rings. The van der Waals surface area contributed by atoms with Crippen molar-refractivity contribution < 1.29 is 22.6 Å². The number of rotatable bonds is 7. The molecule has 2 rings (SSSR count). The van der Waals surface area contributed by atoms with Crippen LogP contribution in [0, 0.1) is 5.92 Å². The number of nitrogens with one attached hydrogen (secondary N) is 1. The van der Waals surface area contributed by atoms with E-state index in [9.17, 15) is 13.2 Å². The molecule has 1 saturated heterocycles. The van der Waals surface area contributed by atoms with Crippen molar-refractivity contribution >= 4 is 41.5 Å². The summed E-state index contributed by atoms with van der Waals surface area (Å²) in [6, 6.07) is 0.803. The fourth-order valence-electron chi connectivity index (χ4n) is 2.80. The van der Waals surface area contributed by atoms with Crippen LogP contribution in [-0.2, 0) is 10.9 Å². The number of alkyl halides is 3. The first-order valence-electron chi connectivity index (χ1n) is 8.72. The highest BCUT2D eigenvalue weighted by molar-refractivity contribution is 14.0. The number of aromatic nitrogens is 1. The Hall–Kier alpha value is -1.01. The van der Waals surface area contributed by atoms with E-state index >= 15 is 0 Å². The zero-order chi connectivity index (χ0) is 19.9. The normalized spacial score (nSPS) is 17.4. The second-order valence-corrected chi connectivity index (χ2v) is 6.56. The van der Waals surface area contributed by atoms with Gasteiger partial charge in [-0.3, -0.25) is 0 Å². The lowest BCUT2D eigenvalue weighted by Gasteiger charge is -2.21. The summed E-state index contributed by atoms with van der Waals surface area (Å²) in [5, 5.41) is 3.06. The molecule has 0 spiro atoms. The number of likely N-dealkylation sites (tertiary alicyclic amines) is 1. The Kier molecular flexibility index (Phi) is 10.6. The van der Waals surface area contributed by atoms with E-state index in [0.29, 0.717) is 18.7 Å². The topological polar surface area (TPSA) is 59.0 Å². The average Bonchev–Trinajstić information content (AvgIpc) is 3.06. The largest absolute Gasteiger partial charge is 0.475 e. The van der Waals surface area contributed by atoms with Gasteiger partial charge in [-0.25, -0.2) is 9.98 Å². The number of guanidine groups is 1. The van der Waals surface area contributed by atoms with Crippen molar-refractivity contribution in [3.63, 3.8) is 0 Å². The molecule has 6 nitrogen and oxygen atoms in total. The van der Waals surface area contributed by atoms with Gasteiger partial charge in [0.1, 0.15) is 11.6 Å². The minimum atomic E-state index is -4.49. The Morgan fingerprint density at radius 3 is 2.82 bits per heavy atom. The van der Waals surface area contributed by atoms with Crippen LogP contribution in [0.4, 0.5) is 13.2 Å². The van der Waals surface area contributed by atoms with Crippen LogP contribution in [0.25, 0.3) is 0 Å². The monoisotopic (exact) mass is 536 g/mol. The molecule has 0 bridgehead atoms. The summed E-state index contributed by atoms with van der Waals surface area (Å²) in [4.78, 5) is 10.3. The van der Waals surface area contributed by atoms with E-state index in [-0.39, 0.29) is 41.5 Å². The highest BCUT2D eigenvalue weighted by Gasteiger charge is 2.31. The molecule has 0 aliphatic carbocycles. The van der Waals surface area contributed by atoms with E-state index in [2.05, 4.69) is 20.2 Å². The van der Waals surface area contributed by atoms with Crippen LogP contribution in [-0.4, -0.2) is 62.3 Å². The lowest BCUT2D eigenvalue weighted by molar-refractivity contribution is -0.137. The third kappa shape index (κ3) is 7.43. The fourth-order valence-corrected chi connectivity index (χ4v) is 3.02. The van der Waals surface area contributed by atoms with Crippen LogP contribution < -0.4 is 10.1 Å².